The molecule has 38 heavy (non-hydrogen) atoms. The maximum Gasteiger partial charge on any atom is 0.573 e. The average molecular weight is 545 g/mol. The van der Waals surface area contributed by atoms with Crippen LogP contribution in [-0.2, 0) is 16.0 Å². The van der Waals surface area contributed by atoms with Crippen LogP contribution in [0.4, 0.5) is 39.8 Å². The molecule has 0 unspecified atom stereocenters. The summed E-state index contributed by atoms with van der Waals surface area (Å²) in [7, 11) is 0. The summed E-state index contributed by atoms with van der Waals surface area (Å²) in [6, 6.07) is 14.5. The third-order valence-electron chi connectivity index (χ3n) is 5.59. The molecule has 0 aliphatic heterocycles. The lowest BCUT2D eigenvalue weighted by molar-refractivity contribution is -0.274. The molecule has 1 fully saturated rings. The van der Waals surface area contributed by atoms with Gasteiger partial charge in [-0.25, -0.2) is 9.37 Å². The van der Waals surface area contributed by atoms with Crippen LogP contribution in [0.1, 0.15) is 18.4 Å². The molecule has 1 aromatic heterocycles. The molecule has 1 heterocycles. The zero-order valence-corrected chi connectivity index (χ0v) is 20.4. The molecule has 0 saturated heterocycles. The minimum Gasteiger partial charge on any atom is -0.406 e. The van der Waals surface area contributed by atoms with E-state index in [1.54, 1.807) is 12.1 Å². The number of benzene rings is 3. The summed E-state index contributed by atoms with van der Waals surface area (Å²) in [4.78, 5) is 28.9. The van der Waals surface area contributed by atoms with E-state index in [1.165, 1.54) is 41.7 Å². The Morgan fingerprint density at radius 1 is 1.00 bits per heavy atom. The van der Waals surface area contributed by atoms with Gasteiger partial charge in [-0.2, -0.15) is 0 Å². The minimum absolute atomic E-state index is 0.0226. The van der Waals surface area contributed by atoms with Gasteiger partial charge in [-0.05, 0) is 66.9 Å². The number of thiazole rings is 1. The number of amides is 2. The Bertz CT molecular complexity index is 1520. The highest BCUT2D eigenvalue weighted by molar-refractivity contribution is 7.22. The van der Waals surface area contributed by atoms with Gasteiger partial charge in [0.25, 0.3) is 0 Å². The van der Waals surface area contributed by atoms with E-state index in [0.717, 1.165) is 35.2 Å². The van der Waals surface area contributed by atoms with Crippen molar-refractivity contribution < 1.29 is 31.9 Å². The number of rotatable bonds is 8. The van der Waals surface area contributed by atoms with E-state index < -0.39 is 23.8 Å². The number of hydrogen-bond acceptors (Lipinski definition) is 6. The molecule has 0 bridgehead atoms. The predicted molar refractivity (Wildman–Crippen MR) is 136 cm³/mol. The topological polar surface area (TPSA) is 92.3 Å². The molecule has 3 N–H and O–H groups in total. The van der Waals surface area contributed by atoms with Crippen LogP contribution in [0.2, 0.25) is 0 Å². The lowest BCUT2D eigenvalue weighted by atomic mass is 10.1. The quantitative estimate of drug-likeness (QED) is 0.217. The smallest absolute Gasteiger partial charge is 0.406 e. The monoisotopic (exact) mass is 544 g/mol. The highest BCUT2D eigenvalue weighted by Gasteiger charge is 2.31. The number of halogens is 4. The van der Waals surface area contributed by atoms with Crippen LogP contribution in [0.5, 0.6) is 5.75 Å². The van der Waals surface area contributed by atoms with Crippen molar-refractivity contribution in [1.82, 2.24) is 4.98 Å². The number of aromatic nitrogens is 1. The fourth-order valence-electron chi connectivity index (χ4n) is 3.71. The minimum atomic E-state index is -4.85. The molecule has 3 aromatic carbocycles. The summed E-state index contributed by atoms with van der Waals surface area (Å²) in [6.45, 7) is 0. The molecular formula is C26H20F4N4O3S. The van der Waals surface area contributed by atoms with E-state index >= 15 is 0 Å². The lowest BCUT2D eigenvalue weighted by Gasteiger charge is -2.12. The van der Waals surface area contributed by atoms with Gasteiger partial charge in [0.2, 0.25) is 11.8 Å². The molecule has 4 aromatic rings. The molecule has 0 radical (unpaired) electrons. The van der Waals surface area contributed by atoms with Gasteiger partial charge in [0.05, 0.1) is 22.3 Å². The molecule has 196 valence electrons. The van der Waals surface area contributed by atoms with Crippen molar-refractivity contribution in [3.63, 3.8) is 0 Å². The number of nitrogens with one attached hydrogen (secondary N) is 3. The normalized spacial score (nSPS) is 13.3. The summed E-state index contributed by atoms with van der Waals surface area (Å²) in [5.41, 5.74) is 2.08. The van der Waals surface area contributed by atoms with Gasteiger partial charge < -0.3 is 20.7 Å². The second kappa shape index (κ2) is 10.3. The maximum absolute atomic E-state index is 14.4. The largest absolute Gasteiger partial charge is 0.573 e. The first-order valence-electron chi connectivity index (χ1n) is 11.5. The number of hydrogen-bond donors (Lipinski definition) is 3. The predicted octanol–water partition coefficient (Wildman–Crippen LogP) is 6.61. The first kappa shape index (κ1) is 25.5. The number of fused-ring (bicyclic) bond motifs is 1. The Morgan fingerprint density at radius 2 is 1.76 bits per heavy atom. The van der Waals surface area contributed by atoms with Crippen LogP contribution < -0.4 is 20.7 Å². The van der Waals surface area contributed by atoms with Crippen LogP contribution >= 0.6 is 11.3 Å². The first-order chi connectivity index (χ1) is 18.1. The van der Waals surface area contributed by atoms with Crippen LogP contribution in [-0.4, -0.2) is 23.2 Å². The Morgan fingerprint density at radius 3 is 2.53 bits per heavy atom. The van der Waals surface area contributed by atoms with Crippen LogP contribution in [0.25, 0.3) is 10.2 Å². The molecular weight excluding hydrogens is 524 g/mol. The molecule has 0 atom stereocenters. The average Bonchev–Trinajstić information content (AvgIpc) is 3.61. The van der Waals surface area contributed by atoms with E-state index in [4.69, 9.17) is 0 Å². The Hall–Kier alpha value is -4.19. The molecule has 0 spiro atoms. The summed E-state index contributed by atoms with van der Waals surface area (Å²) >= 11 is 1.34. The molecule has 7 nitrogen and oxygen atoms in total. The molecule has 5 rings (SSSR count). The van der Waals surface area contributed by atoms with E-state index in [2.05, 4.69) is 25.7 Å². The van der Waals surface area contributed by atoms with E-state index in [9.17, 15) is 27.2 Å². The number of alkyl halides is 3. The number of anilines is 4. The standard InChI is InChI=1S/C26H20F4N4O3S/c27-19-8-6-16(12-21(19)32-23(35)11-14-2-1-3-18(10-14)37-26(28,29)30)31-17-7-9-20-22(13-17)38-25(33-20)34-24(36)15-4-5-15/h1-3,6-10,12-13,15,31H,4-5,11H2,(H,32,35)(H,33,34,36). The Kier molecular flexibility index (Phi) is 6.89. The molecule has 2 amide bonds. The summed E-state index contributed by atoms with van der Waals surface area (Å²) in [5, 5.41) is 8.96. The summed E-state index contributed by atoms with van der Waals surface area (Å²) in [5.74, 6) is -1.69. The van der Waals surface area contributed by atoms with Gasteiger partial charge in [-0.3, -0.25) is 9.59 Å². The number of ether oxygens (including phenoxy) is 1. The molecule has 1 aliphatic rings. The van der Waals surface area contributed by atoms with Gasteiger partial charge in [0, 0.05) is 17.3 Å². The summed E-state index contributed by atoms with van der Waals surface area (Å²) in [6.07, 6.45) is -3.34. The zero-order chi connectivity index (χ0) is 26.9. The highest BCUT2D eigenvalue weighted by Crippen LogP contribution is 2.34. The Labute approximate surface area is 217 Å². The maximum atomic E-state index is 14.4. The number of carbonyl (C=O) groups excluding carboxylic acids is 2. The zero-order valence-electron chi connectivity index (χ0n) is 19.6. The van der Waals surface area contributed by atoms with Gasteiger partial charge in [-0.1, -0.05) is 23.5 Å². The van der Waals surface area contributed by atoms with E-state index in [1.807, 2.05) is 6.07 Å². The van der Waals surface area contributed by atoms with Crippen molar-refractivity contribution in [3.05, 3.63) is 72.0 Å². The lowest BCUT2D eigenvalue weighted by Crippen LogP contribution is -2.18. The van der Waals surface area contributed by atoms with Crippen molar-refractivity contribution in [1.29, 1.82) is 0 Å². The number of nitrogens with zero attached hydrogens (tertiary/aromatic N) is 1. The summed E-state index contributed by atoms with van der Waals surface area (Å²) < 4.78 is 56.5. The number of carbonyl (C=O) groups is 2. The van der Waals surface area contributed by atoms with E-state index in [0.29, 0.717) is 16.5 Å². The van der Waals surface area contributed by atoms with E-state index in [-0.39, 0.29) is 29.5 Å². The van der Waals surface area contributed by atoms with Crippen molar-refractivity contribution in [2.24, 2.45) is 5.92 Å². The SMILES string of the molecule is O=C(Cc1cccc(OC(F)(F)F)c1)Nc1cc(Nc2ccc3nc(NC(=O)C4CC4)sc3c2)ccc1F. The Balaban J connectivity index is 1.24. The first-order valence-corrected chi connectivity index (χ1v) is 12.4. The van der Waals surface area contributed by atoms with Crippen molar-refractivity contribution in [2.75, 3.05) is 16.0 Å². The van der Waals surface area contributed by atoms with Gasteiger partial charge in [-0.15, -0.1) is 13.2 Å². The fourth-order valence-corrected chi connectivity index (χ4v) is 4.61. The van der Waals surface area contributed by atoms with Gasteiger partial charge in [0.15, 0.2) is 5.13 Å². The fraction of sp³-hybridized carbons (Fsp3) is 0.192. The van der Waals surface area contributed by atoms with Crippen molar-refractivity contribution in [2.45, 2.75) is 25.6 Å². The van der Waals surface area contributed by atoms with Gasteiger partial charge in [0.1, 0.15) is 11.6 Å². The third kappa shape index (κ3) is 6.57. The third-order valence-corrected chi connectivity index (χ3v) is 6.53. The van der Waals surface area contributed by atoms with Gasteiger partial charge >= 0.3 is 6.36 Å². The molecule has 1 aliphatic carbocycles. The van der Waals surface area contributed by atoms with Crippen molar-refractivity contribution >= 4 is 55.6 Å². The van der Waals surface area contributed by atoms with Crippen LogP contribution in [0.15, 0.2) is 60.7 Å². The highest BCUT2D eigenvalue weighted by atomic mass is 32.1. The molecule has 1 saturated carbocycles. The van der Waals surface area contributed by atoms with Crippen LogP contribution in [0.3, 0.4) is 0 Å². The second-order valence-corrected chi connectivity index (χ2v) is 9.74. The second-order valence-electron chi connectivity index (χ2n) is 8.70. The molecule has 12 heteroatoms. The van der Waals surface area contributed by atoms with Crippen LogP contribution in [0, 0.1) is 11.7 Å². The van der Waals surface area contributed by atoms with Crippen molar-refractivity contribution in [3.8, 4) is 5.75 Å².